The largest absolute Gasteiger partial charge is 0.399 e. The molecule has 0 heterocycles. The van der Waals surface area contributed by atoms with Crippen LogP contribution in [0.15, 0.2) is 18.2 Å². The number of aryl methyl sites for hydroxylation is 1. The lowest BCUT2D eigenvalue weighted by atomic mass is 10.1. The molecule has 0 saturated carbocycles. The Morgan fingerprint density at radius 1 is 1.40 bits per heavy atom. The van der Waals surface area contributed by atoms with Gasteiger partial charge < -0.3 is 20.7 Å². The summed E-state index contributed by atoms with van der Waals surface area (Å²) in [6, 6.07) is 5.49. The smallest absolute Gasteiger partial charge is 0.224 e. The summed E-state index contributed by atoms with van der Waals surface area (Å²) in [5.74, 6) is 0.0398. The second-order valence-corrected chi connectivity index (χ2v) is 5.02. The van der Waals surface area contributed by atoms with Crippen molar-refractivity contribution in [2.24, 2.45) is 0 Å². The van der Waals surface area contributed by atoms with Gasteiger partial charge in [-0.15, -0.1) is 0 Å². The molecule has 0 aromatic heterocycles. The number of nitrogens with two attached hydrogens (primary N) is 1. The van der Waals surface area contributed by atoms with Crippen LogP contribution in [0, 0.1) is 6.92 Å². The summed E-state index contributed by atoms with van der Waals surface area (Å²) in [4.78, 5) is 14.0. The monoisotopic (exact) mass is 279 g/mol. The van der Waals surface area contributed by atoms with E-state index in [9.17, 15) is 4.79 Å². The zero-order chi connectivity index (χ0) is 15.0. The van der Waals surface area contributed by atoms with Crippen LogP contribution in [0.4, 0.5) is 11.4 Å². The lowest BCUT2D eigenvalue weighted by molar-refractivity contribution is -0.116. The maximum atomic E-state index is 11.9. The summed E-state index contributed by atoms with van der Waals surface area (Å²) < 4.78 is 5.01. The second kappa shape index (κ2) is 8.55. The van der Waals surface area contributed by atoms with E-state index in [4.69, 9.17) is 10.5 Å². The number of carbonyl (C=O) groups is 1. The molecule has 0 aliphatic heterocycles. The van der Waals surface area contributed by atoms with Gasteiger partial charge in [0.15, 0.2) is 0 Å². The molecule has 1 rings (SSSR count). The van der Waals surface area contributed by atoms with Gasteiger partial charge in [0.25, 0.3) is 0 Å². The van der Waals surface area contributed by atoms with E-state index in [0.717, 1.165) is 30.8 Å². The van der Waals surface area contributed by atoms with Gasteiger partial charge in [-0.1, -0.05) is 0 Å². The van der Waals surface area contributed by atoms with Crippen LogP contribution in [0.3, 0.4) is 0 Å². The fraction of sp³-hybridized carbons (Fsp3) is 0.533. The van der Waals surface area contributed by atoms with Gasteiger partial charge in [-0.25, -0.2) is 0 Å². The minimum absolute atomic E-state index is 0.0398. The molecule has 0 radical (unpaired) electrons. The Morgan fingerprint density at radius 3 is 2.80 bits per heavy atom. The highest BCUT2D eigenvalue weighted by Crippen LogP contribution is 2.17. The SMILES string of the molecule is COCCN(C)CCCC(=O)Nc1ccc(N)cc1C. The van der Waals surface area contributed by atoms with E-state index in [1.807, 2.05) is 26.1 Å². The number of hydrogen-bond donors (Lipinski definition) is 2. The number of nitrogens with zero attached hydrogens (tertiary/aromatic N) is 1. The van der Waals surface area contributed by atoms with Crippen molar-refractivity contribution < 1.29 is 9.53 Å². The van der Waals surface area contributed by atoms with Gasteiger partial charge in [0, 0.05) is 31.5 Å². The number of amides is 1. The minimum Gasteiger partial charge on any atom is -0.399 e. The van der Waals surface area contributed by atoms with Crippen molar-refractivity contribution in [3.8, 4) is 0 Å². The van der Waals surface area contributed by atoms with Gasteiger partial charge in [0.05, 0.1) is 6.61 Å². The summed E-state index contributed by atoms with van der Waals surface area (Å²) >= 11 is 0. The Bertz CT molecular complexity index is 435. The lowest BCUT2D eigenvalue weighted by Gasteiger charge is -2.15. The highest BCUT2D eigenvalue weighted by atomic mass is 16.5. The molecule has 20 heavy (non-hydrogen) atoms. The van der Waals surface area contributed by atoms with Crippen LogP contribution >= 0.6 is 0 Å². The molecule has 3 N–H and O–H groups in total. The molecule has 0 unspecified atom stereocenters. The Labute approximate surface area is 121 Å². The van der Waals surface area contributed by atoms with Crippen LogP contribution in [0.2, 0.25) is 0 Å². The fourth-order valence-electron chi connectivity index (χ4n) is 1.91. The van der Waals surface area contributed by atoms with Crippen molar-refractivity contribution in [3.05, 3.63) is 23.8 Å². The van der Waals surface area contributed by atoms with E-state index in [2.05, 4.69) is 10.2 Å². The van der Waals surface area contributed by atoms with Gasteiger partial charge in [0.2, 0.25) is 5.91 Å². The molecule has 0 saturated heterocycles. The van der Waals surface area contributed by atoms with E-state index in [1.54, 1.807) is 13.2 Å². The van der Waals surface area contributed by atoms with Crippen molar-refractivity contribution in [3.63, 3.8) is 0 Å². The summed E-state index contributed by atoms with van der Waals surface area (Å²) in [6.07, 6.45) is 1.35. The molecule has 0 aliphatic carbocycles. The Hall–Kier alpha value is -1.59. The maximum Gasteiger partial charge on any atom is 0.224 e. The number of likely N-dealkylation sites (N-methyl/N-ethyl adjacent to an activating group) is 1. The second-order valence-electron chi connectivity index (χ2n) is 5.02. The number of rotatable bonds is 8. The zero-order valence-corrected chi connectivity index (χ0v) is 12.6. The normalized spacial score (nSPS) is 10.8. The van der Waals surface area contributed by atoms with Crippen molar-refractivity contribution in [2.75, 3.05) is 44.9 Å². The maximum absolute atomic E-state index is 11.9. The van der Waals surface area contributed by atoms with E-state index in [-0.39, 0.29) is 5.91 Å². The quantitative estimate of drug-likeness (QED) is 0.713. The molecule has 0 atom stereocenters. The number of anilines is 2. The van der Waals surface area contributed by atoms with Crippen molar-refractivity contribution in [1.82, 2.24) is 4.90 Å². The van der Waals surface area contributed by atoms with E-state index < -0.39 is 0 Å². The summed E-state index contributed by atoms with van der Waals surface area (Å²) in [5, 5.41) is 2.92. The number of hydrogen-bond acceptors (Lipinski definition) is 4. The van der Waals surface area contributed by atoms with Crippen LogP contribution in [-0.2, 0) is 9.53 Å². The number of nitrogen functional groups attached to an aromatic ring is 1. The standard InChI is InChI=1S/C15H25N3O2/c1-12-11-13(16)6-7-14(12)17-15(19)5-4-8-18(2)9-10-20-3/h6-7,11H,4-5,8-10,16H2,1-3H3,(H,17,19). The van der Waals surface area contributed by atoms with E-state index >= 15 is 0 Å². The number of carbonyl (C=O) groups excluding carboxylic acids is 1. The van der Waals surface area contributed by atoms with Gasteiger partial charge in [-0.2, -0.15) is 0 Å². The molecular formula is C15H25N3O2. The third-order valence-corrected chi connectivity index (χ3v) is 3.15. The third-order valence-electron chi connectivity index (χ3n) is 3.15. The minimum atomic E-state index is 0.0398. The first-order valence-corrected chi connectivity index (χ1v) is 6.86. The fourth-order valence-corrected chi connectivity index (χ4v) is 1.91. The summed E-state index contributed by atoms with van der Waals surface area (Å²) in [6.45, 7) is 4.42. The van der Waals surface area contributed by atoms with Crippen molar-refractivity contribution in [2.45, 2.75) is 19.8 Å². The molecule has 1 aromatic carbocycles. The Morgan fingerprint density at radius 2 is 2.15 bits per heavy atom. The Balaban J connectivity index is 2.30. The average molecular weight is 279 g/mol. The topological polar surface area (TPSA) is 67.6 Å². The first-order chi connectivity index (χ1) is 9.52. The van der Waals surface area contributed by atoms with E-state index in [0.29, 0.717) is 18.7 Å². The molecule has 5 nitrogen and oxygen atoms in total. The van der Waals surface area contributed by atoms with Crippen molar-refractivity contribution in [1.29, 1.82) is 0 Å². The van der Waals surface area contributed by atoms with Crippen LogP contribution < -0.4 is 11.1 Å². The summed E-state index contributed by atoms with van der Waals surface area (Å²) in [5.41, 5.74) is 8.20. The zero-order valence-electron chi connectivity index (χ0n) is 12.6. The van der Waals surface area contributed by atoms with Crippen LogP contribution in [0.1, 0.15) is 18.4 Å². The Kier molecular flexibility index (Phi) is 7.04. The van der Waals surface area contributed by atoms with Gasteiger partial charge in [0.1, 0.15) is 0 Å². The lowest BCUT2D eigenvalue weighted by Crippen LogP contribution is -2.25. The first kappa shape index (κ1) is 16.5. The molecule has 0 aliphatic rings. The number of nitrogens with one attached hydrogen (secondary N) is 1. The molecule has 112 valence electrons. The predicted molar refractivity (Wildman–Crippen MR) is 82.8 cm³/mol. The highest BCUT2D eigenvalue weighted by molar-refractivity contribution is 5.91. The van der Waals surface area contributed by atoms with Crippen LogP contribution in [-0.4, -0.2) is 44.7 Å². The summed E-state index contributed by atoms with van der Waals surface area (Å²) in [7, 11) is 3.72. The predicted octanol–water partition coefficient (Wildman–Crippen LogP) is 1.87. The van der Waals surface area contributed by atoms with E-state index in [1.165, 1.54) is 0 Å². The molecule has 1 amide bonds. The van der Waals surface area contributed by atoms with Crippen LogP contribution in [0.5, 0.6) is 0 Å². The van der Waals surface area contributed by atoms with Gasteiger partial charge >= 0.3 is 0 Å². The average Bonchev–Trinajstić information content (AvgIpc) is 2.39. The molecule has 0 bridgehead atoms. The number of benzene rings is 1. The third kappa shape index (κ3) is 6.04. The molecule has 1 aromatic rings. The highest BCUT2D eigenvalue weighted by Gasteiger charge is 2.06. The number of ether oxygens (including phenoxy) is 1. The molecule has 0 spiro atoms. The molecular weight excluding hydrogens is 254 g/mol. The molecule has 0 fully saturated rings. The molecule has 5 heteroatoms. The van der Waals surface area contributed by atoms with Crippen molar-refractivity contribution >= 4 is 17.3 Å². The first-order valence-electron chi connectivity index (χ1n) is 6.86. The van der Waals surface area contributed by atoms with Gasteiger partial charge in [-0.05, 0) is 50.7 Å². The number of methoxy groups -OCH3 is 1. The van der Waals surface area contributed by atoms with Crippen LogP contribution in [0.25, 0.3) is 0 Å². The van der Waals surface area contributed by atoms with Gasteiger partial charge in [-0.3, -0.25) is 4.79 Å².